The van der Waals surface area contributed by atoms with Crippen LogP contribution in [0.1, 0.15) is 24.8 Å². The van der Waals surface area contributed by atoms with Gasteiger partial charge in [0, 0.05) is 12.8 Å². The molecule has 1 aromatic carbocycles. The molecule has 0 radical (unpaired) electrons. The van der Waals surface area contributed by atoms with Crippen molar-refractivity contribution in [2.75, 3.05) is 0 Å². The lowest BCUT2D eigenvalue weighted by Crippen LogP contribution is -2.44. The topological polar surface area (TPSA) is 122 Å². The number of ether oxygens (including phenoxy) is 2. The fourth-order valence-electron chi connectivity index (χ4n) is 2.05. The first-order valence-electron chi connectivity index (χ1n) is 8.23. The summed E-state index contributed by atoms with van der Waals surface area (Å²) in [4.78, 5) is 35.1. The Morgan fingerprint density at radius 1 is 1.19 bits per heavy atom. The highest BCUT2D eigenvalue weighted by atomic mass is 16.6. The Hall–Kier alpha value is -3.13. The number of carbonyl (C=O) groups excluding carboxylic acids is 2. The van der Waals surface area contributed by atoms with Gasteiger partial charge in [-0.2, -0.15) is 0 Å². The number of carboxylic acids is 1. The van der Waals surface area contributed by atoms with Crippen molar-refractivity contribution in [3.63, 3.8) is 0 Å². The van der Waals surface area contributed by atoms with E-state index < -0.39 is 30.2 Å². The van der Waals surface area contributed by atoms with E-state index in [2.05, 4.69) is 18.5 Å². The van der Waals surface area contributed by atoms with Crippen molar-refractivity contribution in [1.82, 2.24) is 5.32 Å². The smallest absolute Gasteiger partial charge is 0.413 e. The number of nitrogens with one attached hydrogen (secondary N) is 1. The number of amides is 1. The number of carboxylic acid groups (broad SMARTS) is 1. The largest absolute Gasteiger partial charge is 0.481 e. The molecule has 0 aliphatic heterocycles. The Labute approximate surface area is 157 Å². The number of esters is 1. The Morgan fingerprint density at radius 3 is 2.37 bits per heavy atom. The van der Waals surface area contributed by atoms with Crippen LogP contribution in [-0.2, 0) is 20.9 Å². The average molecular weight is 377 g/mol. The molecule has 2 atom stereocenters. The lowest BCUT2D eigenvalue weighted by molar-refractivity contribution is -0.149. The molecule has 0 aliphatic rings. The lowest BCUT2D eigenvalue weighted by atomic mass is 10.1. The summed E-state index contributed by atoms with van der Waals surface area (Å²) in [5.74, 6) is -1.71. The number of aliphatic carboxylic acids is 1. The van der Waals surface area contributed by atoms with Gasteiger partial charge in [-0.3, -0.25) is 4.79 Å². The lowest BCUT2D eigenvalue weighted by Gasteiger charge is -2.19. The highest BCUT2D eigenvalue weighted by Crippen LogP contribution is 2.13. The van der Waals surface area contributed by atoms with Crippen LogP contribution in [0.2, 0.25) is 0 Å². The Kier molecular flexibility index (Phi) is 9.32. The average Bonchev–Trinajstić information content (AvgIpc) is 2.65. The van der Waals surface area contributed by atoms with E-state index in [1.807, 2.05) is 0 Å². The van der Waals surface area contributed by atoms with Crippen molar-refractivity contribution in [2.24, 2.45) is 0 Å². The minimum atomic E-state index is -1.20. The van der Waals surface area contributed by atoms with Crippen molar-refractivity contribution >= 4 is 18.0 Å². The summed E-state index contributed by atoms with van der Waals surface area (Å²) in [7, 11) is 0. The third-order valence-corrected chi connectivity index (χ3v) is 3.47. The van der Waals surface area contributed by atoms with Crippen molar-refractivity contribution < 1.29 is 34.1 Å². The van der Waals surface area contributed by atoms with Crippen molar-refractivity contribution in [3.8, 4) is 5.75 Å². The van der Waals surface area contributed by atoms with E-state index in [9.17, 15) is 14.4 Å². The predicted molar refractivity (Wildman–Crippen MR) is 97.1 cm³/mol. The first kappa shape index (κ1) is 21.9. The standard InChI is InChI=1S/C19H23NO7/c1-3-5-14(4-2)26-18(24)16(10-11-17(22)23)20-19(25)27-15-8-6-13(12-21)7-9-15/h3-4,6-9,14,16,21H,1-2,5,10-12H2,(H,20,25)(H,22,23). The number of aliphatic hydroxyl groups excluding tert-OH is 1. The fraction of sp³-hybridized carbons (Fsp3) is 0.316. The quantitative estimate of drug-likeness (QED) is 0.399. The van der Waals surface area contributed by atoms with E-state index in [0.29, 0.717) is 12.0 Å². The molecule has 8 heteroatoms. The van der Waals surface area contributed by atoms with Crippen LogP contribution in [0.4, 0.5) is 4.79 Å². The van der Waals surface area contributed by atoms with Crippen LogP contribution in [0.25, 0.3) is 0 Å². The number of rotatable bonds is 11. The molecular formula is C19H23NO7. The molecule has 0 aromatic heterocycles. The molecular weight excluding hydrogens is 354 g/mol. The second-order valence-electron chi connectivity index (χ2n) is 5.56. The van der Waals surface area contributed by atoms with Gasteiger partial charge in [0.05, 0.1) is 6.61 Å². The zero-order valence-corrected chi connectivity index (χ0v) is 14.8. The predicted octanol–water partition coefficient (Wildman–Crippen LogP) is 2.17. The number of carbonyl (C=O) groups is 3. The molecule has 0 fully saturated rings. The SMILES string of the molecule is C=CCC(C=C)OC(=O)C(CCC(=O)O)NC(=O)Oc1ccc(CO)cc1. The zero-order chi connectivity index (χ0) is 20.2. The number of aliphatic hydroxyl groups is 1. The van der Waals surface area contributed by atoms with Gasteiger partial charge in [0.25, 0.3) is 0 Å². The van der Waals surface area contributed by atoms with Crippen molar-refractivity contribution in [2.45, 2.75) is 38.0 Å². The number of hydrogen-bond donors (Lipinski definition) is 3. The molecule has 2 unspecified atom stereocenters. The molecule has 0 bridgehead atoms. The molecule has 0 spiro atoms. The maximum Gasteiger partial charge on any atom is 0.413 e. The van der Waals surface area contributed by atoms with Crippen LogP contribution in [0.3, 0.4) is 0 Å². The van der Waals surface area contributed by atoms with Crippen LogP contribution in [0.15, 0.2) is 49.6 Å². The van der Waals surface area contributed by atoms with Gasteiger partial charge in [0.2, 0.25) is 0 Å². The molecule has 3 N–H and O–H groups in total. The van der Waals surface area contributed by atoms with Gasteiger partial charge >= 0.3 is 18.0 Å². The molecule has 0 saturated heterocycles. The van der Waals surface area contributed by atoms with Crippen LogP contribution < -0.4 is 10.1 Å². The van der Waals surface area contributed by atoms with Crippen LogP contribution in [0.5, 0.6) is 5.75 Å². The number of benzene rings is 1. The van der Waals surface area contributed by atoms with Crippen LogP contribution in [0, 0.1) is 0 Å². The van der Waals surface area contributed by atoms with Crippen LogP contribution >= 0.6 is 0 Å². The fourth-order valence-corrected chi connectivity index (χ4v) is 2.05. The van der Waals surface area contributed by atoms with Crippen molar-refractivity contribution in [3.05, 3.63) is 55.1 Å². The molecule has 27 heavy (non-hydrogen) atoms. The summed E-state index contributed by atoms with van der Waals surface area (Å²) >= 11 is 0. The highest BCUT2D eigenvalue weighted by Gasteiger charge is 2.25. The first-order valence-corrected chi connectivity index (χ1v) is 8.23. The van der Waals surface area contributed by atoms with Gasteiger partial charge < -0.3 is 25.0 Å². The summed E-state index contributed by atoms with van der Waals surface area (Å²) in [5.41, 5.74) is 0.642. The maximum atomic E-state index is 12.3. The van der Waals surface area contributed by atoms with Gasteiger partial charge in [-0.1, -0.05) is 30.9 Å². The third kappa shape index (κ3) is 8.19. The molecule has 0 saturated carbocycles. The van der Waals surface area contributed by atoms with E-state index in [4.69, 9.17) is 19.7 Å². The van der Waals surface area contributed by atoms with Gasteiger partial charge in [-0.25, -0.2) is 9.59 Å². The molecule has 8 nitrogen and oxygen atoms in total. The molecule has 0 aliphatic carbocycles. The molecule has 0 heterocycles. The summed E-state index contributed by atoms with van der Waals surface area (Å²) in [6, 6.07) is 4.91. The Morgan fingerprint density at radius 2 is 1.85 bits per heavy atom. The van der Waals surface area contributed by atoms with E-state index in [0.717, 1.165) is 0 Å². The van der Waals surface area contributed by atoms with Crippen molar-refractivity contribution in [1.29, 1.82) is 0 Å². The maximum absolute atomic E-state index is 12.3. The monoisotopic (exact) mass is 377 g/mol. The summed E-state index contributed by atoms with van der Waals surface area (Å²) < 4.78 is 10.3. The minimum absolute atomic E-state index is 0.148. The summed E-state index contributed by atoms with van der Waals surface area (Å²) in [6.45, 7) is 6.95. The van der Waals surface area contributed by atoms with Gasteiger partial charge in [0.1, 0.15) is 17.9 Å². The second-order valence-corrected chi connectivity index (χ2v) is 5.56. The van der Waals surface area contributed by atoms with Gasteiger partial charge in [-0.05, 0) is 24.1 Å². The molecule has 1 amide bonds. The highest BCUT2D eigenvalue weighted by molar-refractivity contribution is 5.83. The molecule has 1 rings (SSSR count). The summed E-state index contributed by atoms with van der Waals surface area (Å²) in [6.07, 6.45) is 1.22. The van der Waals surface area contributed by atoms with Crippen LogP contribution in [-0.4, -0.2) is 40.4 Å². The van der Waals surface area contributed by atoms with E-state index in [1.165, 1.54) is 18.2 Å². The van der Waals surface area contributed by atoms with E-state index in [1.54, 1.807) is 18.2 Å². The molecule has 1 aromatic rings. The Bertz CT molecular complexity index is 669. The number of hydrogen-bond acceptors (Lipinski definition) is 6. The minimum Gasteiger partial charge on any atom is -0.481 e. The molecule has 146 valence electrons. The van der Waals surface area contributed by atoms with E-state index in [-0.39, 0.29) is 25.2 Å². The normalized spacial score (nSPS) is 12.3. The third-order valence-electron chi connectivity index (χ3n) is 3.47. The Balaban J connectivity index is 2.74. The van der Waals surface area contributed by atoms with Gasteiger partial charge in [0.15, 0.2) is 0 Å². The zero-order valence-electron chi connectivity index (χ0n) is 14.8. The van der Waals surface area contributed by atoms with Gasteiger partial charge in [-0.15, -0.1) is 6.58 Å². The first-order chi connectivity index (χ1) is 12.9. The van der Waals surface area contributed by atoms with E-state index >= 15 is 0 Å². The summed E-state index contributed by atoms with van der Waals surface area (Å²) in [5, 5.41) is 20.1. The second kappa shape index (κ2) is 11.5.